The lowest BCUT2D eigenvalue weighted by Crippen LogP contribution is -2.32. The molecule has 0 saturated heterocycles. The number of aryl methyl sites for hydroxylation is 2. The second-order valence-electron chi connectivity index (χ2n) is 7.06. The molecule has 5 heteroatoms. The first-order valence-electron chi connectivity index (χ1n) is 9.66. The Kier molecular flexibility index (Phi) is 6.58. The first-order valence-corrected chi connectivity index (χ1v) is 9.66. The first kappa shape index (κ1) is 19.1. The summed E-state index contributed by atoms with van der Waals surface area (Å²) in [6, 6.07) is 13.4. The Bertz CT molecular complexity index is 757. The van der Waals surface area contributed by atoms with Crippen molar-refractivity contribution in [1.29, 1.82) is 0 Å². The van der Waals surface area contributed by atoms with Gasteiger partial charge in [-0.25, -0.2) is 4.79 Å². The quantitative estimate of drug-likeness (QED) is 0.705. The van der Waals surface area contributed by atoms with E-state index in [4.69, 9.17) is 9.47 Å². The van der Waals surface area contributed by atoms with Crippen molar-refractivity contribution >= 4 is 11.7 Å². The molecule has 0 aromatic heterocycles. The molecule has 2 amide bonds. The van der Waals surface area contributed by atoms with Crippen molar-refractivity contribution in [3.8, 4) is 11.5 Å². The average molecular weight is 368 g/mol. The summed E-state index contributed by atoms with van der Waals surface area (Å²) in [4.78, 5) is 12.0. The van der Waals surface area contributed by atoms with Crippen molar-refractivity contribution < 1.29 is 14.3 Å². The van der Waals surface area contributed by atoms with Gasteiger partial charge in [0.2, 0.25) is 0 Å². The molecular formula is C22H28N2O3. The van der Waals surface area contributed by atoms with Gasteiger partial charge in [-0.05, 0) is 87.1 Å². The van der Waals surface area contributed by atoms with Crippen LogP contribution in [0.2, 0.25) is 0 Å². The van der Waals surface area contributed by atoms with Gasteiger partial charge < -0.3 is 20.1 Å². The molecule has 144 valence electrons. The number of rotatable bonds is 7. The van der Waals surface area contributed by atoms with E-state index < -0.39 is 0 Å². The van der Waals surface area contributed by atoms with E-state index in [9.17, 15) is 4.79 Å². The number of anilines is 1. The highest BCUT2D eigenvalue weighted by atomic mass is 16.5. The average Bonchev–Trinajstić information content (AvgIpc) is 2.66. The number of fused-ring (bicyclic) bond motifs is 1. The zero-order valence-electron chi connectivity index (χ0n) is 16.1. The molecule has 0 radical (unpaired) electrons. The maximum atomic E-state index is 12.0. The molecule has 2 N–H and O–H groups in total. The third-order valence-electron chi connectivity index (χ3n) is 4.46. The maximum Gasteiger partial charge on any atom is 0.319 e. The van der Waals surface area contributed by atoms with Gasteiger partial charge in [0.25, 0.3) is 0 Å². The van der Waals surface area contributed by atoms with Crippen molar-refractivity contribution in [2.75, 3.05) is 18.5 Å². The molecule has 2 aromatic carbocycles. The van der Waals surface area contributed by atoms with Gasteiger partial charge in [0.05, 0.1) is 12.6 Å². The van der Waals surface area contributed by atoms with Crippen LogP contribution in [0.1, 0.15) is 37.8 Å². The van der Waals surface area contributed by atoms with Gasteiger partial charge in [0.15, 0.2) is 0 Å². The lowest BCUT2D eigenvalue weighted by molar-refractivity contribution is 0.242. The van der Waals surface area contributed by atoms with Crippen molar-refractivity contribution in [3.63, 3.8) is 0 Å². The third kappa shape index (κ3) is 5.91. The van der Waals surface area contributed by atoms with E-state index in [1.165, 1.54) is 30.4 Å². The van der Waals surface area contributed by atoms with Crippen LogP contribution in [0.25, 0.3) is 0 Å². The van der Waals surface area contributed by atoms with E-state index in [1.54, 1.807) is 0 Å². The van der Waals surface area contributed by atoms with Crippen LogP contribution in [0.15, 0.2) is 42.5 Å². The van der Waals surface area contributed by atoms with Gasteiger partial charge in [-0.3, -0.25) is 0 Å². The summed E-state index contributed by atoms with van der Waals surface area (Å²) >= 11 is 0. The molecule has 1 aliphatic carbocycles. The van der Waals surface area contributed by atoms with Gasteiger partial charge in [-0.2, -0.15) is 0 Å². The molecule has 0 heterocycles. The second-order valence-corrected chi connectivity index (χ2v) is 7.06. The van der Waals surface area contributed by atoms with Gasteiger partial charge >= 0.3 is 6.03 Å². The number of hydrogen-bond donors (Lipinski definition) is 2. The molecule has 0 fully saturated rings. The Labute approximate surface area is 161 Å². The zero-order valence-corrected chi connectivity index (χ0v) is 16.1. The Balaban J connectivity index is 1.38. The predicted octanol–water partition coefficient (Wildman–Crippen LogP) is 4.55. The Hall–Kier alpha value is -2.69. The molecular weight excluding hydrogens is 340 g/mol. The molecule has 0 spiro atoms. The van der Waals surface area contributed by atoms with E-state index in [0.29, 0.717) is 13.2 Å². The standard InChI is InChI=1S/C22H28N2O3/c1-16(2)27-20-11-8-19(9-12-20)24-22(25)23-13-14-26-21-10-7-17-5-3-4-6-18(17)15-21/h7-12,15-16H,3-6,13-14H2,1-2H3,(H2,23,24,25). The van der Waals surface area contributed by atoms with Crippen molar-refractivity contribution in [2.45, 2.75) is 45.6 Å². The van der Waals surface area contributed by atoms with Crippen LogP contribution < -0.4 is 20.1 Å². The van der Waals surface area contributed by atoms with Crippen molar-refractivity contribution in [1.82, 2.24) is 5.32 Å². The Morgan fingerprint density at radius 2 is 1.70 bits per heavy atom. The minimum atomic E-state index is -0.249. The van der Waals surface area contributed by atoms with E-state index in [0.717, 1.165) is 23.6 Å². The summed E-state index contributed by atoms with van der Waals surface area (Å²) in [7, 11) is 0. The number of nitrogens with one attached hydrogen (secondary N) is 2. The Morgan fingerprint density at radius 1 is 1.00 bits per heavy atom. The highest BCUT2D eigenvalue weighted by Crippen LogP contribution is 2.25. The van der Waals surface area contributed by atoms with Crippen molar-refractivity contribution in [2.24, 2.45) is 0 Å². The summed E-state index contributed by atoms with van der Waals surface area (Å²) in [6.07, 6.45) is 4.96. The van der Waals surface area contributed by atoms with Gasteiger partial charge in [0.1, 0.15) is 18.1 Å². The molecule has 27 heavy (non-hydrogen) atoms. The molecule has 2 aromatic rings. The number of benzene rings is 2. The number of hydrogen-bond acceptors (Lipinski definition) is 3. The van der Waals surface area contributed by atoms with Crippen molar-refractivity contribution in [3.05, 3.63) is 53.6 Å². The number of amides is 2. The summed E-state index contributed by atoms with van der Waals surface area (Å²) in [5, 5.41) is 5.61. The normalized spacial score (nSPS) is 13.0. The largest absolute Gasteiger partial charge is 0.492 e. The van der Waals surface area contributed by atoms with E-state index in [1.807, 2.05) is 44.2 Å². The second kappa shape index (κ2) is 9.31. The van der Waals surface area contributed by atoms with Gasteiger partial charge in [0, 0.05) is 5.69 Å². The monoisotopic (exact) mass is 368 g/mol. The highest BCUT2D eigenvalue weighted by Gasteiger charge is 2.10. The van der Waals surface area contributed by atoms with Crippen LogP contribution in [0.3, 0.4) is 0 Å². The maximum absolute atomic E-state index is 12.0. The molecule has 1 aliphatic rings. The number of ether oxygens (including phenoxy) is 2. The topological polar surface area (TPSA) is 59.6 Å². The molecule has 5 nitrogen and oxygen atoms in total. The molecule has 0 atom stereocenters. The lowest BCUT2D eigenvalue weighted by Gasteiger charge is -2.17. The van der Waals surface area contributed by atoms with Gasteiger partial charge in [-0.1, -0.05) is 6.07 Å². The summed E-state index contributed by atoms with van der Waals surface area (Å²) in [5.41, 5.74) is 3.56. The number of urea groups is 1. The SMILES string of the molecule is CC(C)Oc1ccc(NC(=O)NCCOc2ccc3c(c2)CCCC3)cc1. The summed E-state index contributed by atoms with van der Waals surface area (Å²) in [5.74, 6) is 1.66. The van der Waals surface area contributed by atoms with Crippen LogP contribution >= 0.6 is 0 Å². The number of carbonyl (C=O) groups is 1. The predicted molar refractivity (Wildman–Crippen MR) is 108 cm³/mol. The van der Waals surface area contributed by atoms with Crippen LogP contribution in [-0.4, -0.2) is 25.3 Å². The minimum absolute atomic E-state index is 0.127. The molecule has 3 rings (SSSR count). The molecule has 0 bridgehead atoms. The van der Waals surface area contributed by atoms with E-state index in [-0.39, 0.29) is 12.1 Å². The van der Waals surface area contributed by atoms with Crippen LogP contribution in [0.4, 0.5) is 10.5 Å². The fourth-order valence-electron chi connectivity index (χ4n) is 3.20. The Morgan fingerprint density at radius 3 is 2.44 bits per heavy atom. The minimum Gasteiger partial charge on any atom is -0.492 e. The fraction of sp³-hybridized carbons (Fsp3) is 0.409. The van der Waals surface area contributed by atoms with Gasteiger partial charge in [-0.15, -0.1) is 0 Å². The lowest BCUT2D eigenvalue weighted by atomic mass is 9.92. The van der Waals surface area contributed by atoms with Crippen LogP contribution in [-0.2, 0) is 12.8 Å². The molecule has 0 aliphatic heterocycles. The number of carbonyl (C=O) groups excluding carboxylic acids is 1. The molecule has 0 unspecified atom stereocenters. The van der Waals surface area contributed by atoms with E-state index >= 15 is 0 Å². The smallest absolute Gasteiger partial charge is 0.319 e. The molecule has 0 saturated carbocycles. The van der Waals surface area contributed by atoms with Crippen LogP contribution in [0, 0.1) is 0 Å². The highest BCUT2D eigenvalue weighted by molar-refractivity contribution is 5.89. The summed E-state index contributed by atoms with van der Waals surface area (Å²) < 4.78 is 11.4. The fourth-order valence-corrected chi connectivity index (χ4v) is 3.20. The zero-order chi connectivity index (χ0) is 19.1. The first-order chi connectivity index (χ1) is 13.1. The summed E-state index contributed by atoms with van der Waals surface area (Å²) in [6.45, 7) is 4.84. The third-order valence-corrected chi connectivity index (χ3v) is 4.46. The van der Waals surface area contributed by atoms with E-state index in [2.05, 4.69) is 22.8 Å². The van der Waals surface area contributed by atoms with Crippen LogP contribution in [0.5, 0.6) is 11.5 Å².